The van der Waals surface area contributed by atoms with Gasteiger partial charge in [-0.3, -0.25) is 9.59 Å². The van der Waals surface area contributed by atoms with Gasteiger partial charge in [0.05, 0.1) is 5.69 Å². The molecule has 0 saturated carbocycles. The third-order valence-electron chi connectivity index (χ3n) is 2.73. The van der Waals surface area contributed by atoms with E-state index < -0.39 is 0 Å². The highest BCUT2D eigenvalue weighted by molar-refractivity contribution is 7.80. The first-order chi connectivity index (χ1) is 9.50. The number of carbonyl (C=O) groups excluding carboxylic acids is 1. The number of amides is 1. The number of aromatic amines is 1. The fourth-order valence-corrected chi connectivity index (χ4v) is 1.89. The molecule has 1 aromatic heterocycles. The summed E-state index contributed by atoms with van der Waals surface area (Å²) >= 11 is 4.97. The number of para-hydroxylation sites is 1. The van der Waals surface area contributed by atoms with Crippen molar-refractivity contribution >= 4 is 28.8 Å². The molecule has 0 spiro atoms. The maximum absolute atomic E-state index is 12.3. The SMILES string of the molecule is CN(C(=O)c1ccc(=O)[nH]n1)c1ccccc1C(N)=S. The maximum atomic E-state index is 12.3. The van der Waals surface area contributed by atoms with Crippen molar-refractivity contribution in [3.05, 3.63) is 58.0 Å². The number of nitrogens with two attached hydrogens (primary N) is 1. The van der Waals surface area contributed by atoms with Crippen molar-refractivity contribution in [2.45, 2.75) is 0 Å². The van der Waals surface area contributed by atoms with Gasteiger partial charge in [-0.05, 0) is 18.2 Å². The Hall–Kier alpha value is -2.54. The molecule has 0 saturated heterocycles. The van der Waals surface area contributed by atoms with Gasteiger partial charge in [-0.15, -0.1) is 0 Å². The Morgan fingerprint density at radius 3 is 2.60 bits per heavy atom. The number of hydrogen-bond donors (Lipinski definition) is 2. The number of nitrogens with one attached hydrogen (secondary N) is 1. The quantitative estimate of drug-likeness (QED) is 0.810. The lowest BCUT2D eigenvalue weighted by Crippen LogP contribution is -2.30. The summed E-state index contributed by atoms with van der Waals surface area (Å²) in [5.74, 6) is -0.370. The van der Waals surface area contributed by atoms with Crippen LogP contribution in [0, 0.1) is 0 Å². The number of anilines is 1. The molecule has 1 amide bonds. The summed E-state index contributed by atoms with van der Waals surface area (Å²) in [6, 6.07) is 9.64. The van der Waals surface area contributed by atoms with Crippen molar-refractivity contribution in [2.75, 3.05) is 11.9 Å². The van der Waals surface area contributed by atoms with Crippen LogP contribution >= 0.6 is 12.2 Å². The Labute approximate surface area is 120 Å². The number of thiocarbonyl (C=S) groups is 1. The molecule has 0 fully saturated rings. The molecule has 1 aromatic carbocycles. The molecule has 7 heteroatoms. The fraction of sp³-hybridized carbons (Fsp3) is 0.0769. The minimum absolute atomic E-state index is 0.129. The van der Waals surface area contributed by atoms with E-state index in [2.05, 4.69) is 10.2 Å². The molecule has 0 aliphatic heterocycles. The minimum atomic E-state index is -0.370. The molecule has 2 aromatic rings. The first-order valence-corrected chi connectivity index (χ1v) is 6.14. The molecule has 20 heavy (non-hydrogen) atoms. The van der Waals surface area contributed by atoms with E-state index in [1.54, 1.807) is 31.3 Å². The van der Waals surface area contributed by atoms with E-state index in [4.69, 9.17) is 18.0 Å². The molecule has 0 bridgehead atoms. The predicted molar refractivity (Wildman–Crippen MR) is 79.9 cm³/mol. The number of hydrogen-bond acceptors (Lipinski definition) is 4. The maximum Gasteiger partial charge on any atom is 0.278 e. The van der Waals surface area contributed by atoms with E-state index >= 15 is 0 Å². The third-order valence-corrected chi connectivity index (χ3v) is 2.95. The van der Waals surface area contributed by atoms with Crippen molar-refractivity contribution in [1.82, 2.24) is 10.2 Å². The average Bonchev–Trinajstić information content (AvgIpc) is 2.46. The van der Waals surface area contributed by atoms with E-state index in [-0.39, 0.29) is 22.1 Å². The normalized spacial score (nSPS) is 10.1. The second-order valence-electron chi connectivity index (χ2n) is 4.05. The van der Waals surface area contributed by atoms with Gasteiger partial charge in [0.15, 0.2) is 0 Å². The van der Waals surface area contributed by atoms with Crippen LogP contribution in [0.3, 0.4) is 0 Å². The van der Waals surface area contributed by atoms with E-state index in [1.807, 2.05) is 0 Å². The number of benzene rings is 1. The van der Waals surface area contributed by atoms with Crippen LogP contribution in [0.15, 0.2) is 41.2 Å². The lowest BCUT2D eigenvalue weighted by atomic mass is 10.1. The van der Waals surface area contributed by atoms with Gasteiger partial charge in [-0.1, -0.05) is 24.4 Å². The molecule has 0 aliphatic rings. The average molecular weight is 288 g/mol. The number of aromatic nitrogens is 2. The molecule has 102 valence electrons. The van der Waals surface area contributed by atoms with E-state index in [0.717, 1.165) is 0 Å². The zero-order chi connectivity index (χ0) is 14.7. The lowest BCUT2D eigenvalue weighted by molar-refractivity contribution is 0.0987. The molecule has 0 unspecified atom stereocenters. The van der Waals surface area contributed by atoms with Crippen LogP contribution in [0.5, 0.6) is 0 Å². The van der Waals surface area contributed by atoms with Crippen LogP contribution in [0.1, 0.15) is 16.1 Å². The van der Waals surface area contributed by atoms with Gasteiger partial charge in [0, 0.05) is 18.7 Å². The smallest absolute Gasteiger partial charge is 0.278 e. The highest BCUT2D eigenvalue weighted by Gasteiger charge is 2.18. The Morgan fingerprint density at radius 2 is 2.00 bits per heavy atom. The van der Waals surface area contributed by atoms with E-state index in [1.165, 1.54) is 17.0 Å². The molecular formula is C13H12N4O2S. The largest absolute Gasteiger partial charge is 0.389 e. The Bertz CT molecular complexity index is 706. The Kier molecular flexibility index (Phi) is 3.90. The van der Waals surface area contributed by atoms with Gasteiger partial charge < -0.3 is 10.6 Å². The molecule has 3 N–H and O–H groups in total. The monoisotopic (exact) mass is 288 g/mol. The van der Waals surface area contributed by atoms with Crippen molar-refractivity contribution < 1.29 is 4.79 Å². The highest BCUT2D eigenvalue weighted by atomic mass is 32.1. The van der Waals surface area contributed by atoms with Gasteiger partial charge in [-0.25, -0.2) is 5.10 Å². The first-order valence-electron chi connectivity index (χ1n) is 5.73. The Morgan fingerprint density at radius 1 is 1.30 bits per heavy atom. The van der Waals surface area contributed by atoms with Crippen LogP contribution < -0.4 is 16.2 Å². The summed E-state index contributed by atoms with van der Waals surface area (Å²) < 4.78 is 0. The van der Waals surface area contributed by atoms with E-state index in [0.29, 0.717) is 11.3 Å². The zero-order valence-corrected chi connectivity index (χ0v) is 11.5. The van der Waals surface area contributed by atoms with Gasteiger partial charge in [0.25, 0.3) is 11.5 Å². The second kappa shape index (κ2) is 5.62. The Balaban J connectivity index is 2.38. The molecule has 2 rings (SSSR count). The van der Waals surface area contributed by atoms with Crippen LogP contribution in [0.4, 0.5) is 5.69 Å². The summed E-state index contributed by atoms with van der Waals surface area (Å²) in [7, 11) is 1.59. The zero-order valence-electron chi connectivity index (χ0n) is 10.7. The molecular weight excluding hydrogens is 276 g/mol. The molecule has 6 nitrogen and oxygen atoms in total. The summed E-state index contributed by atoms with van der Waals surface area (Å²) in [6.45, 7) is 0. The van der Waals surface area contributed by atoms with Gasteiger partial charge in [-0.2, -0.15) is 5.10 Å². The number of nitrogens with zero attached hydrogens (tertiary/aromatic N) is 2. The second-order valence-corrected chi connectivity index (χ2v) is 4.49. The van der Waals surface area contributed by atoms with Crippen LogP contribution in [-0.4, -0.2) is 28.1 Å². The third kappa shape index (κ3) is 2.72. The van der Waals surface area contributed by atoms with Gasteiger partial charge >= 0.3 is 0 Å². The number of carbonyl (C=O) groups is 1. The lowest BCUT2D eigenvalue weighted by Gasteiger charge is -2.19. The molecule has 1 heterocycles. The van der Waals surface area contributed by atoms with Gasteiger partial charge in [0.2, 0.25) is 0 Å². The summed E-state index contributed by atoms with van der Waals surface area (Å²) in [5.41, 5.74) is 6.58. The van der Waals surface area contributed by atoms with E-state index in [9.17, 15) is 9.59 Å². The number of rotatable bonds is 3. The van der Waals surface area contributed by atoms with Crippen molar-refractivity contribution in [3.63, 3.8) is 0 Å². The molecule has 0 radical (unpaired) electrons. The minimum Gasteiger partial charge on any atom is -0.389 e. The standard InChI is InChI=1S/C13H12N4O2S/c1-17(10-5-3-2-4-8(10)12(14)20)13(19)9-6-7-11(18)16-15-9/h2-7H,1H3,(H2,14,20)(H,16,18). The number of H-pyrrole nitrogens is 1. The summed E-state index contributed by atoms with van der Waals surface area (Å²) in [4.78, 5) is 24.8. The topological polar surface area (TPSA) is 92.1 Å². The fourth-order valence-electron chi connectivity index (χ4n) is 1.72. The van der Waals surface area contributed by atoms with Crippen LogP contribution in [-0.2, 0) is 0 Å². The van der Waals surface area contributed by atoms with Crippen LogP contribution in [0.2, 0.25) is 0 Å². The van der Waals surface area contributed by atoms with Crippen LogP contribution in [0.25, 0.3) is 0 Å². The predicted octanol–water partition coefficient (Wildman–Crippen LogP) is 0.681. The van der Waals surface area contributed by atoms with Gasteiger partial charge in [0.1, 0.15) is 10.7 Å². The first kappa shape index (κ1) is 13.9. The van der Waals surface area contributed by atoms with Crippen molar-refractivity contribution in [2.24, 2.45) is 5.73 Å². The van der Waals surface area contributed by atoms with Crippen molar-refractivity contribution in [3.8, 4) is 0 Å². The molecule has 0 atom stereocenters. The summed E-state index contributed by atoms with van der Waals surface area (Å²) in [6.07, 6.45) is 0. The highest BCUT2D eigenvalue weighted by Crippen LogP contribution is 2.20. The summed E-state index contributed by atoms with van der Waals surface area (Å²) in [5, 5.41) is 5.93. The van der Waals surface area contributed by atoms with Crippen molar-refractivity contribution in [1.29, 1.82) is 0 Å². The molecule has 0 aliphatic carbocycles.